The maximum absolute atomic E-state index is 12.0. The first-order valence-electron chi connectivity index (χ1n) is 6.40. The van der Waals surface area contributed by atoms with Crippen LogP contribution in [0.2, 0.25) is 0 Å². The summed E-state index contributed by atoms with van der Waals surface area (Å²) in [5, 5.41) is 4.37. The topological polar surface area (TPSA) is 59.7 Å². The number of hydrogen-bond acceptors (Lipinski definition) is 5. The van der Waals surface area contributed by atoms with Crippen LogP contribution in [0.25, 0.3) is 11.7 Å². The minimum Gasteiger partial charge on any atom is -0.462 e. The lowest BCUT2D eigenvalue weighted by atomic mass is 10.2. The van der Waals surface area contributed by atoms with Crippen LogP contribution in [0.4, 0.5) is 0 Å². The number of aromatic nitrogens is 3. The van der Waals surface area contributed by atoms with Crippen molar-refractivity contribution in [3.63, 3.8) is 0 Å². The van der Waals surface area contributed by atoms with E-state index in [1.54, 1.807) is 11.4 Å². The van der Waals surface area contributed by atoms with E-state index in [1.165, 1.54) is 6.20 Å². The van der Waals surface area contributed by atoms with Crippen LogP contribution in [0.15, 0.2) is 18.5 Å². The Morgan fingerprint density at radius 1 is 1.50 bits per heavy atom. The molecule has 0 N–H and O–H groups in total. The third-order valence-corrected chi connectivity index (χ3v) is 2.67. The summed E-state index contributed by atoms with van der Waals surface area (Å²) < 4.78 is 6.72. The van der Waals surface area contributed by atoms with E-state index in [0.717, 1.165) is 5.69 Å². The molecule has 0 fully saturated rings. The van der Waals surface area contributed by atoms with Gasteiger partial charge in [-0.15, -0.1) is 0 Å². The number of esters is 1. The maximum Gasteiger partial charge on any atom is 0.341 e. The van der Waals surface area contributed by atoms with Crippen molar-refractivity contribution in [2.45, 2.75) is 13.8 Å². The molecule has 6 nitrogen and oxygen atoms in total. The molecule has 2 aromatic rings. The molecule has 0 aromatic carbocycles. The number of hydrogen-bond donors (Lipinski definition) is 0. The molecule has 0 amide bonds. The fourth-order valence-electron chi connectivity index (χ4n) is 1.81. The average Bonchev–Trinajstić information content (AvgIpc) is 2.76. The third-order valence-electron chi connectivity index (χ3n) is 2.67. The van der Waals surface area contributed by atoms with Crippen LogP contribution >= 0.6 is 0 Å². The molecule has 2 heterocycles. The molecule has 0 saturated heterocycles. The highest BCUT2D eigenvalue weighted by molar-refractivity contribution is 5.93. The second-order valence-electron chi connectivity index (χ2n) is 4.61. The normalized spacial score (nSPS) is 11.2. The highest BCUT2D eigenvalue weighted by atomic mass is 16.5. The van der Waals surface area contributed by atoms with E-state index >= 15 is 0 Å². The standard InChI is InChI=1S/C14H18N4O2/c1-5-20-14(19)11-9-15-13-8-10(2)16-18(13)12(11)6-7-17(3)4/h6-9H,5H2,1-4H3/b7-6+. The van der Waals surface area contributed by atoms with Gasteiger partial charge >= 0.3 is 5.97 Å². The molecule has 0 unspecified atom stereocenters. The lowest BCUT2D eigenvalue weighted by Gasteiger charge is -2.09. The van der Waals surface area contributed by atoms with E-state index in [0.29, 0.717) is 23.5 Å². The summed E-state index contributed by atoms with van der Waals surface area (Å²) in [5.41, 5.74) is 2.61. The molecule has 0 bridgehead atoms. The van der Waals surface area contributed by atoms with Gasteiger partial charge in [0, 0.05) is 32.6 Å². The molecule has 0 aliphatic rings. The van der Waals surface area contributed by atoms with E-state index in [4.69, 9.17) is 4.74 Å². The van der Waals surface area contributed by atoms with Gasteiger partial charge in [-0.1, -0.05) is 0 Å². The predicted molar refractivity (Wildman–Crippen MR) is 76.4 cm³/mol. The largest absolute Gasteiger partial charge is 0.462 e. The molecule has 20 heavy (non-hydrogen) atoms. The zero-order valence-electron chi connectivity index (χ0n) is 12.1. The highest BCUT2D eigenvalue weighted by Gasteiger charge is 2.16. The lowest BCUT2D eigenvalue weighted by molar-refractivity contribution is 0.0525. The van der Waals surface area contributed by atoms with Crippen LogP contribution in [0.3, 0.4) is 0 Å². The van der Waals surface area contributed by atoms with Crippen LogP contribution in [0.5, 0.6) is 0 Å². The summed E-state index contributed by atoms with van der Waals surface area (Å²) in [5.74, 6) is -0.395. The molecule has 2 rings (SSSR count). The minimum atomic E-state index is -0.395. The monoisotopic (exact) mass is 274 g/mol. The number of aryl methyl sites for hydroxylation is 1. The van der Waals surface area contributed by atoms with E-state index < -0.39 is 5.97 Å². The first kappa shape index (κ1) is 14.0. The van der Waals surface area contributed by atoms with Crippen LogP contribution < -0.4 is 0 Å². The van der Waals surface area contributed by atoms with Gasteiger partial charge in [0.15, 0.2) is 5.65 Å². The van der Waals surface area contributed by atoms with Crippen LogP contribution in [0.1, 0.15) is 28.7 Å². The fourth-order valence-corrected chi connectivity index (χ4v) is 1.81. The van der Waals surface area contributed by atoms with Crippen molar-refractivity contribution in [3.8, 4) is 0 Å². The summed E-state index contributed by atoms with van der Waals surface area (Å²) >= 11 is 0. The van der Waals surface area contributed by atoms with Gasteiger partial charge in [-0.05, 0) is 19.9 Å². The number of rotatable bonds is 4. The molecule has 0 aliphatic carbocycles. The van der Waals surface area contributed by atoms with Crippen molar-refractivity contribution in [1.29, 1.82) is 0 Å². The van der Waals surface area contributed by atoms with Gasteiger partial charge in [-0.2, -0.15) is 5.10 Å². The molecule has 0 spiro atoms. The van der Waals surface area contributed by atoms with E-state index in [-0.39, 0.29) is 0 Å². The van der Waals surface area contributed by atoms with Gasteiger partial charge in [0.05, 0.1) is 18.0 Å². The second-order valence-corrected chi connectivity index (χ2v) is 4.61. The molecule has 6 heteroatoms. The summed E-state index contributed by atoms with van der Waals surface area (Å²) in [7, 11) is 3.82. The van der Waals surface area contributed by atoms with Crippen molar-refractivity contribution >= 4 is 17.7 Å². The molecule has 0 saturated carbocycles. The average molecular weight is 274 g/mol. The molecule has 106 valence electrons. The molecule has 2 aromatic heterocycles. The molecule has 0 atom stereocenters. The first-order chi connectivity index (χ1) is 9.52. The van der Waals surface area contributed by atoms with Gasteiger partial charge in [-0.25, -0.2) is 14.3 Å². The van der Waals surface area contributed by atoms with E-state index in [1.807, 2.05) is 44.3 Å². The Morgan fingerprint density at radius 3 is 2.90 bits per heavy atom. The number of carbonyl (C=O) groups excluding carboxylic acids is 1. The van der Waals surface area contributed by atoms with Crippen molar-refractivity contribution in [2.24, 2.45) is 0 Å². The summed E-state index contributed by atoms with van der Waals surface area (Å²) in [4.78, 5) is 18.1. The molecular formula is C14H18N4O2. The van der Waals surface area contributed by atoms with Crippen molar-refractivity contribution in [2.75, 3.05) is 20.7 Å². The minimum absolute atomic E-state index is 0.325. The van der Waals surface area contributed by atoms with Gasteiger partial charge in [0.1, 0.15) is 5.56 Å². The third kappa shape index (κ3) is 2.79. The second kappa shape index (κ2) is 5.73. The SMILES string of the molecule is CCOC(=O)c1cnc2cc(C)nn2c1/C=C/N(C)C. The Bertz CT molecular complexity index is 658. The van der Waals surface area contributed by atoms with Gasteiger partial charge < -0.3 is 9.64 Å². The first-order valence-corrected chi connectivity index (χ1v) is 6.40. The molecule has 0 aliphatic heterocycles. The van der Waals surface area contributed by atoms with Crippen molar-refractivity contribution in [3.05, 3.63) is 35.4 Å². The van der Waals surface area contributed by atoms with Gasteiger partial charge in [0.2, 0.25) is 0 Å². The van der Waals surface area contributed by atoms with E-state index in [2.05, 4.69) is 10.1 Å². The number of carbonyl (C=O) groups is 1. The van der Waals surface area contributed by atoms with Crippen molar-refractivity contribution < 1.29 is 9.53 Å². The summed E-state index contributed by atoms with van der Waals surface area (Å²) in [6.45, 7) is 3.99. The van der Waals surface area contributed by atoms with Gasteiger partial charge in [0.25, 0.3) is 0 Å². The van der Waals surface area contributed by atoms with Crippen LogP contribution in [0, 0.1) is 6.92 Å². The zero-order valence-corrected chi connectivity index (χ0v) is 12.1. The summed E-state index contributed by atoms with van der Waals surface area (Å²) in [6.07, 6.45) is 5.21. The van der Waals surface area contributed by atoms with E-state index in [9.17, 15) is 4.79 Å². The Balaban J connectivity index is 2.61. The highest BCUT2D eigenvalue weighted by Crippen LogP contribution is 2.15. The quantitative estimate of drug-likeness (QED) is 0.795. The Hall–Kier alpha value is -2.37. The Labute approximate surface area is 117 Å². The maximum atomic E-state index is 12.0. The summed E-state index contributed by atoms with van der Waals surface area (Å²) in [6, 6.07) is 1.86. The number of ether oxygens (including phenoxy) is 1. The van der Waals surface area contributed by atoms with Crippen LogP contribution in [-0.4, -0.2) is 46.2 Å². The zero-order chi connectivity index (χ0) is 14.7. The van der Waals surface area contributed by atoms with Crippen LogP contribution in [-0.2, 0) is 4.74 Å². The molecular weight excluding hydrogens is 256 g/mol. The number of nitrogens with zero attached hydrogens (tertiary/aromatic N) is 4. The Morgan fingerprint density at radius 2 is 2.25 bits per heavy atom. The Kier molecular flexibility index (Phi) is 4.02. The van der Waals surface area contributed by atoms with Crippen molar-refractivity contribution in [1.82, 2.24) is 19.5 Å². The lowest BCUT2D eigenvalue weighted by Crippen LogP contribution is -2.12. The van der Waals surface area contributed by atoms with Gasteiger partial charge in [-0.3, -0.25) is 0 Å². The molecule has 0 radical (unpaired) electrons. The smallest absolute Gasteiger partial charge is 0.341 e. The fraction of sp³-hybridized carbons (Fsp3) is 0.357. The number of fused-ring (bicyclic) bond motifs is 1. The predicted octanol–water partition coefficient (Wildman–Crippen LogP) is 1.75.